The summed E-state index contributed by atoms with van der Waals surface area (Å²) in [5, 5.41) is 10.8. The Labute approximate surface area is 92.0 Å². The normalized spacial score (nSPS) is 10.2. The minimum atomic E-state index is 0.0619. The number of benzene rings is 1. The lowest BCUT2D eigenvalue weighted by Crippen LogP contribution is -1.95. The molecule has 1 heterocycles. The smallest absolute Gasteiger partial charge is 0.131 e. The molecule has 0 atom stereocenters. The molecule has 0 radical (unpaired) electrons. The van der Waals surface area contributed by atoms with Gasteiger partial charge in [-0.25, -0.2) is 4.98 Å². The predicted molar refractivity (Wildman–Crippen MR) is 58.8 cm³/mol. The highest BCUT2D eigenvalue weighted by Crippen LogP contribution is 2.14. The number of aliphatic hydroxyl groups is 1. The largest absolute Gasteiger partial charge is 0.487 e. The molecule has 4 heteroatoms. The van der Waals surface area contributed by atoms with Crippen molar-refractivity contribution in [2.45, 2.75) is 13.2 Å². The van der Waals surface area contributed by atoms with Gasteiger partial charge < -0.3 is 9.84 Å². The predicted octanol–water partition coefficient (Wildman–Crippen LogP) is 2.21. The van der Waals surface area contributed by atoms with E-state index in [1.54, 1.807) is 16.8 Å². The lowest BCUT2D eigenvalue weighted by molar-refractivity contribution is 0.280. The summed E-state index contributed by atoms with van der Waals surface area (Å²) in [5.41, 5.74) is 3.61. The Bertz CT molecular complexity index is 397. The molecule has 3 nitrogen and oxygen atoms in total. The van der Waals surface area contributed by atoms with Crippen LogP contribution < -0.4 is 4.74 Å². The number of hydrogen-bond acceptors (Lipinski definition) is 4. The van der Waals surface area contributed by atoms with Crippen LogP contribution in [0.4, 0.5) is 0 Å². The summed E-state index contributed by atoms with van der Waals surface area (Å²) >= 11 is 1.56. The maximum absolute atomic E-state index is 8.86. The topological polar surface area (TPSA) is 42.4 Å². The molecular formula is C11H11NO2S. The van der Waals surface area contributed by atoms with Crippen LogP contribution >= 0.6 is 11.3 Å². The molecule has 1 aromatic carbocycles. The molecule has 1 N–H and O–H groups in total. The summed E-state index contributed by atoms with van der Waals surface area (Å²) in [5.74, 6) is 0.792. The summed E-state index contributed by atoms with van der Waals surface area (Å²) < 4.78 is 5.51. The minimum absolute atomic E-state index is 0.0619. The van der Waals surface area contributed by atoms with Crippen LogP contribution in [0.15, 0.2) is 35.2 Å². The zero-order valence-corrected chi connectivity index (χ0v) is 8.91. The van der Waals surface area contributed by atoms with Crippen molar-refractivity contribution in [2.75, 3.05) is 0 Å². The fraction of sp³-hybridized carbons (Fsp3) is 0.182. The van der Waals surface area contributed by atoms with Gasteiger partial charge in [0.25, 0.3) is 0 Å². The van der Waals surface area contributed by atoms with Gasteiger partial charge in [-0.15, -0.1) is 11.3 Å². The minimum Gasteiger partial charge on any atom is -0.487 e. The molecule has 78 valence electrons. The van der Waals surface area contributed by atoms with Crippen molar-refractivity contribution in [3.63, 3.8) is 0 Å². The van der Waals surface area contributed by atoms with Crippen molar-refractivity contribution in [3.8, 4) is 5.75 Å². The lowest BCUT2D eigenvalue weighted by atomic mass is 10.2. The maximum Gasteiger partial charge on any atom is 0.131 e. The van der Waals surface area contributed by atoms with Crippen molar-refractivity contribution >= 4 is 11.3 Å². The molecule has 0 unspecified atom stereocenters. The molecule has 0 aliphatic heterocycles. The molecule has 15 heavy (non-hydrogen) atoms. The molecule has 0 saturated carbocycles. The third-order valence-corrected chi connectivity index (χ3v) is 2.61. The van der Waals surface area contributed by atoms with E-state index in [4.69, 9.17) is 9.84 Å². The van der Waals surface area contributed by atoms with Crippen LogP contribution in [0.2, 0.25) is 0 Å². The van der Waals surface area contributed by atoms with Gasteiger partial charge in [-0.1, -0.05) is 12.1 Å². The zero-order chi connectivity index (χ0) is 10.5. The third kappa shape index (κ3) is 2.78. The zero-order valence-electron chi connectivity index (χ0n) is 8.09. The molecule has 0 aliphatic carbocycles. The second-order valence-corrected chi connectivity index (χ2v) is 3.79. The maximum atomic E-state index is 8.86. The van der Waals surface area contributed by atoms with Gasteiger partial charge in [0, 0.05) is 5.38 Å². The Morgan fingerprint density at radius 3 is 2.67 bits per heavy atom. The van der Waals surface area contributed by atoms with Crippen molar-refractivity contribution in [1.29, 1.82) is 0 Å². The SMILES string of the molecule is OCc1ccc(OCc2cscn2)cc1. The fourth-order valence-corrected chi connectivity index (χ4v) is 1.70. The highest BCUT2D eigenvalue weighted by atomic mass is 32.1. The Hall–Kier alpha value is -1.39. The average molecular weight is 221 g/mol. The van der Waals surface area contributed by atoms with Crippen LogP contribution in [0.1, 0.15) is 11.3 Å². The van der Waals surface area contributed by atoms with E-state index in [1.165, 1.54) is 0 Å². The van der Waals surface area contributed by atoms with Crippen LogP contribution in [0.3, 0.4) is 0 Å². The standard InChI is InChI=1S/C11H11NO2S/c13-5-9-1-3-11(4-2-9)14-6-10-7-15-8-12-10/h1-4,7-8,13H,5-6H2. The van der Waals surface area contributed by atoms with Gasteiger partial charge in [0.05, 0.1) is 17.8 Å². The number of rotatable bonds is 4. The first-order valence-electron chi connectivity index (χ1n) is 4.58. The van der Waals surface area contributed by atoms with E-state index in [9.17, 15) is 0 Å². The van der Waals surface area contributed by atoms with Gasteiger partial charge in [0.1, 0.15) is 12.4 Å². The summed E-state index contributed by atoms with van der Waals surface area (Å²) in [4.78, 5) is 4.12. The van der Waals surface area contributed by atoms with E-state index >= 15 is 0 Å². The summed E-state index contributed by atoms with van der Waals surface area (Å²) in [6.45, 7) is 0.550. The van der Waals surface area contributed by atoms with Crippen LogP contribution in [-0.2, 0) is 13.2 Å². The molecule has 0 bridgehead atoms. The second kappa shape index (κ2) is 4.91. The molecule has 0 spiro atoms. The summed E-state index contributed by atoms with van der Waals surface area (Å²) in [6.07, 6.45) is 0. The number of thiazole rings is 1. The molecule has 2 aromatic rings. The van der Waals surface area contributed by atoms with Gasteiger partial charge in [-0.3, -0.25) is 0 Å². The van der Waals surface area contributed by atoms with Gasteiger partial charge in [-0.2, -0.15) is 0 Å². The van der Waals surface area contributed by atoms with E-state index in [-0.39, 0.29) is 6.61 Å². The number of ether oxygens (including phenoxy) is 1. The molecule has 0 saturated heterocycles. The quantitative estimate of drug-likeness (QED) is 0.860. The Kier molecular flexibility index (Phi) is 3.32. The molecular weight excluding hydrogens is 210 g/mol. The number of aliphatic hydroxyl groups excluding tert-OH is 1. The highest BCUT2D eigenvalue weighted by Gasteiger charge is 1.97. The van der Waals surface area contributed by atoms with Crippen molar-refractivity contribution in [1.82, 2.24) is 4.98 Å². The van der Waals surface area contributed by atoms with Gasteiger partial charge in [0.2, 0.25) is 0 Å². The first-order chi connectivity index (χ1) is 7.38. The molecule has 1 aromatic heterocycles. The van der Waals surface area contributed by atoms with E-state index < -0.39 is 0 Å². The van der Waals surface area contributed by atoms with Crippen molar-refractivity contribution < 1.29 is 9.84 Å². The average Bonchev–Trinajstić information content (AvgIpc) is 2.80. The molecule has 0 fully saturated rings. The van der Waals surface area contributed by atoms with Crippen LogP contribution in [0.25, 0.3) is 0 Å². The first kappa shape index (κ1) is 10.1. The summed E-state index contributed by atoms with van der Waals surface area (Å²) in [7, 11) is 0. The van der Waals surface area contributed by atoms with Crippen LogP contribution in [0.5, 0.6) is 5.75 Å². The fourth-order valence-electron chi connectivity index (χ4n) is 1.16. The number of nitrogens with zero attached hydrogens (tertiary/aromatic N) is 1. The number of aromatic nitrogens is 1. The Balaban J connectivity index is 1.93. The van der Waals surface area contributed by atoms with Gasteiger partial charge in [0.15, 0.2) is 0 Å². The first-order valence-corrected chi connectivity index (χ1v) is 5.52. The molecule has 2 rings (SSSR count). The van der Waals surface area contributed by atoms with E-state index in [1.807, 2.05) is 29.6 Å². The Morgan fingerprint density at radius 2 is 2.07 bits per heavy atom. The monoisotopic (exact) mass is 221 g/mol. The van der Waals surface area contributed by atoms with Crippen LogP contribution in [0, 0.1) is 0 Å². The van der Waals surface area contributed by atoms with Crippen molar-refractivity contribution in [3.05, 3.63) is 46.4 Å². The molecule has 0 aliphatic rings. The summed E-state index contributed by atoms with van der Waals surface area (Å²) in [6, 6.07) is 7.38. The van der Waals surface area contributed by atoms with E-state index in [0.717, 1.165) is 17.0 Å². The second-order valence-electron chi connectivity index (χ2n) is 3.07. The number of hydrogen-bond donors (Lipinski definition) is 1. The van der Waals surface area contributed by atoms with Gasteiger partial charge >= 0.3 is 0 Å². The van der Waals surface area contributed by atoms with Gasteiger partial charge in [-0.05, 0) is 17.7 Å². The lowest BCUT2D eigenvalue weighted by Gasteiger charge is -2.04. The van der Waals surface area contributed by atoms with E-state index in [2.05, 4.69) is 4.98 Å². The Morgan fingerprint density at radius 1 is 1.27 bits per heavy atom. The van der Waals surface area contributed by atoms with Crippen molar-refractivity contribution in [2.24, 2.45) is 0 Å². The highest BCUT2D eigenvalue weighted by molar-refractivity contribution is 7.07. The third-order valence-electron chi connectivity index (χ3n) is 1.98. The van der Waals surface area contributed by atoms with E-state index in [0.29, 0.717) is 6.61 Å². The molecule has 0 amide bonds. The van der Waals surface area contributed by atoms with Crippen LogP contribution in [-0.4, -0.2) is 10.1 Å².